The highest BCUT2D eigenvalue weighted by Crippen LogP contribution is 2.14. The van der Waals surface area contributed by atoms with Gasteiger partial charge in [0.25, 0.3) is 5.91 Å². The molecular weight excluding hydrogens is 439 g/mol. The molecule has 5 heteroatoms. The Bertz CT molecular complexity index is 893. The molecule has 0 radical (unpaired) electrons. The quantitative estimate of drug-likeness (QED) is 0.334. The third-order valence-corrected chi connectivity index (χ3v) is 4.57. The average Bonchev–Trinajstić information content (AvgIpc) is 2.68. The molecule has 0 aliphatic rings. The minimum absolute atomic E-state index is 0.228. The monoisotopic (exact) mass is 456 g/mol. The van der Waals surface area contributed by atoms with Crippen molar-refractivity contribution in [2.24, 2.45) is 5.10 Å². The highest BCUT2D eigenvalue weighted by molar-refractivity contribution is 14.1. The summed E-state index contributed by atoms with van der Waals surface area (Å²) in [5, 5.41) is 4.01. The van der Waals surface area contributed by atoms with Crippen LogP contribution in [-0.4, -0.2) is 12.1 Å². The van der Waals surface area contributed by atoms with Gasteiger partial charge in [-0.05, 0) is 70.1 Å². The highest BCUT2D eigenvalue weighted by atomic mass is 127. The minimum Gasteiger partial charge on any atom is -0.489 e. The first kappa shape index (κ1) is 18.1. The second-order valence-electron chi connectivity index (χ2n) is 5.52. The molecule has 0 aliphatic heterocycles. The molecule has 26 heavy (non-hydrogen) atoms. The molecule has 3 aromatic rings. The van der Waals surface area contributed by atoms with E-state index in [1.54, 1.807) is 12.3 Å². The van der Waals surface area contributed by atoms with E-state index in [4.69, 9.17) is 4.74 Å². The van der Waals surface area contributed by atoms with Gasteiger partial charge in [-0.2, -0.15) is 5.10 Å². The number of hydrogen-bond acceptors (Lipinski definition) is 3. The summed E-state index contributed by atoms with van der Waals surface area (Å²) in [7, 11) is 0. The molecule has 1 N–H and O–H groups in total. The summed E-state index contributed by atoms with van der Waals surface area (Å²) in [6.45, 7) is 0.528. The summed E-state index contributed by atoms with van der Waals surface area (Å²) in [6, 6.07) is 24.9. The summed E-state index contributed by atoms with van der Waals surface area (Å²) >= 11 is 2.13. The number of hydrazone groups is 1. The number of carbonyl (C=O) groups is 1. The number of ether oxygens (including phenoxy) is 1. The van der Waals surface area contributed by atoms with Crippen molar-refractivity contribution >= 4 is 34.7 Å². The summed E-state index contributed by atoms with van der Waals surface area (Å²) in [4.78, 5) is 12.1. The number of amides is 1. The number of hydrogen-bond donors (Lipinski definition) is 1. The summed E-state index contributed by atoms with van der Waals surface area (Å²) in [5.74, 6) is 0.558. The van der Waals surface area contributed by atoms with E-state index < -0.39 is 0 Å². The molecular formula is C21H17IN2O2. The largest absolute Gasteiger partial charge is 0.489 e. The highest BCUT2D eigenvalue weighted by Gasteiger charge is 2.07. The predicted octanol–water partition coefficient (Wildman–Crippen LogP) is 4.63. The molecule has 0 saturated heterocycles. The fraction of sp³-hybridized carbons (Fsp3) is 0.0476. The van der Waals surface area contributed by atoms with Crippen molar-refractivity contribution in [2.75, 3.05) is 0 Å². The van der Waals surface area contributed by atoms with Gasteiger partial charge in [0.05, 0.1) is 11.8 Å². The topological polar surface area (TPSA) is 50.7 Å². The Kier molecular flexibility index (Phi) is 6.38. The number of benzene rings is 3. The van der Waals surface area contributed by atoms with Crippen molar-refractivity contribution in [1.82, 2.24) is 5.43 Å². The maximum atomic E-state index is 12.1. The summed E-state index contributed by atoms with van der Waals surface area (Å²) in [5.41, 5.74) is 5.15. The van der Waals surface area contributed by atoms with Gasteiger partial charge < -0.3 is 4.74 Å². The molecule has 130 valence electrons. The van der Waals surface area contributed by atoms with Crippen LogP contribution in [0.1, 0.15) is 21.5 Å². The van der Waals surface area contributed by atoms with E-state index in [-0.39, 0.29) is 5.91 Å². The van der Waals surface area contributed by atoms with Gasteiger partial charge in [0.1, 0.15) is 12.4 Å². The van der Waals surface area contributed by atoms with Gasteiger partial charge in [-0.3, -0.25) is 4.79 Å². The average molecular weight is 456 g/mol. The van der Waals surface area contributed by atoms with E-state index in [9.17, 15) is 4.79 Å². The third-order valence-electron chi connectivity index (χ3n) is 3.63. The SMILES string of the molecule is O=C(NN=Cc1ccc(OCc2ccccc2)cc1)c1ccccc1I. The fourth-order valence-corrected chi connectivity index (χ4v) is 2.89. The lowest BCUT2D eigenvalue weighted by atomic mass is 10.2. The number of carbonyl (C=O) groups excluding carboxylic acids is 1. The maximum Gasteiger partial charge on any atom is 0.272 e. The first-order valence-corrected chi connectivity index (χ1v) is 9.15. The van der Waals surface area contributed by atoms with Crippen LogP contribution in [0.3, 0.4) is 0 Å². The van der Waals surface area contributed by atoms with Crippen molar-refractivity contribution in [3.05, 3.63) is 99.1 Å². The Morgan fingerprint density at radius 3 is 2.38 bits per heavy atom. The maximum absolute atomic E-state index is 12.1. The van der Waals surface area contributed by atoms with Gasteiger partial charge in [0, 0.05) is 3.57 Å². The van der Waals surface area contributed by atoms with E-state index in [2.05, 4.69) is 33.1 Å². The summed E-state index contributed by atoms with van der Waals surface area (Å²) in [6.07, 6.45) is 1.61. The smallest absolute Gasteiger partial charge is 0.272 e. The second kappa shape index (κ2) is 9.15. The lowest BCUT2D eigenvalue weighted by molar-refractivity contribution is 0.0954. The zero-order valence-electron chi connectivity index (χ0n) is 13.9. The van der Waals surface area contributed by atoms with E-state index in [0.717, 1.165) is 20.4 Å². The molecule has 0 saturated carbocycles. The Morgan fingerprint density at radius 2 is 1.65 bits per heavy atom. The van der Waals surface area contributed by atoms with Crippen LogP contribution in [0, 0.1) is 3.57 Å². The Hall–Kier alpha value is -2.67. The van der Waals surface area contributed by atoms with E-state index >= 15 is 0 Å². The third kappa shape index (κ3) is 5.16. The number of halogens is 1. The van der Waals surface area contributed by atoms with Crippen LogP contribution in [0.15, 0.2) is 84.0 Å². The first-order chi connectivity index (χ1) is 12.7. The molecule has 0 fully saturated rings. The first-order valence-electron chi connectivity index (χ1n) is 8.07. The molecule has 0 aromatic heterocycles. The molecule has 0 heterocycles. The number of nitrogens with zero attached hydrogens (tertiary/aromatic N) is 1. The Labute approximate surface area is 166 Å². The van der Waals surface area contributed by atoms with E-state index in [1.165, 1.54) is 0 Å². The van der Waals surface area contributed by atoms with Crippen LogP contribution in [0.5, 0.6) is 5.75 Å². The molecule has 0 aliphatic carbocycles. The van der Waals surface area contributed by atoms with Gasteiger partial charge in [0.15, 0.2) is 0 Å². The molecule has 1 amide bonds. The molecule has 0 atom stereocenters. The van der Waals surface area contributed by atoms with Crippen molar-refractivity contribution in [3.8, 4) is 5.75 Å². The fourth-order valence-electron chi connectivity index (χ4n) is 2.26. The molecule has 4 nitrogen and oxygen atoms in total. The van der Waals surface area contributed by atoms with Crippen molar-refractivity contribution in [3.63, 3.8) is 0 Å². The predicted molar refractivity (Wildman–Crippen MR) is 111 cm³/mol. The Balaban J connectivity index is 1.53. The van der Waals surface area contributed by atoms with Crippen LogP contribution < -0.4 is 10.2 Å². The van der Waals surface area contributed by atoms with Crippen LogP contribution in [0.2, 0.25) is 0 Å². The molecule has 3 rings (SSSR count). The summed E-state index contributed by atoms with van der Waals surface area (Å²) < 4.78 is 6.63. The van der Waals surface area contributed by atoms with Crippen LogP contribution in [0.25, 0.3) is 0 Å². The normalized spacial score (nSPS) is 10.7. The standard InChI is InChI=1S/C21H17IN2O2/c22-20-9-5-4-8-19(20)21(25)24-23-14-16-10-12-18(13-11-16)26-15-17-6-2-1-3-7-17/h1-14H,15H2,(H,24,25). The molecule has 0 spiro atoms. The zero-order chi connectivity index (χ0) is 18.2. The van der Waals surface area contributed by atoms with Gasteiger partial charge in [-0.25, -0.2) is 5.43 Å². The van der Waals surface area contributed by atoms with Gasteiger partial charge >= 0.3 is 0 Å². The van der Waals surface area contributed by atoms with Crippen LogP contribution in [-0.2, 0) is 6.61 Å². The molecule has 0 bridgehead atoms. The van der Waals surface area contributed by atoms with Gasteiger partial charge in [-0.1, -0.05) is 42.5 Å². The lowest BCUT2D eigenvalue weighted by Gasteiger charge is -2.06. The Morgan fingerprint density at radius 1 is 0.962 bits per heavy atom. The van der Waals surface area contributed by atoms with Gasteiger partial charge in [-0.15, -0.1) is 0 Å². The van der Waals surface area contributed by atoms with Crippen molar-refractivity contribution in [2.45, 2.75) is 6.61 Å². The van der Waals surface area contributed by atoms with Crippen LogP contribution in [0.4, 0.5) is 0 Å². The van der Waals surface area contributed by atoms with Gasteiger partial charge in [0.2, 0.25) is 0 Å². The lowest BCUT2D eigenvalue weighted by Crippen LogP contribution is -2.18. The van der Waals surface area contributed by atoms with E-state index in [1.807, 2.05) is 72.8 Å². The van der Waals surface area contributed by atoms with Crippen molar-refractivity contribution in [1.29, 1.82) is 0 Å². The minimum atomic E-state index is -0.228. The zero-order valence-corrected chi connectivity index (χ0v) is 16.1. The van der Waals surface area contributed by atoms with Crippen LogP contribution >= 0.6 is 22.6 Å². The van der Waals surface area contributed by atoms with Crippen molar-refractivity contribution < 1.29 is 9.53 Å². The number of rotatable bonds is 6. The van der Waals surface area contributed by atoms with E-state index in [0.29, 0.717) is 12.2 Å². The second-order valence-corrected chi connectivity index (χ2v) is 6.68. The molecule has 0 unspecified atom stereocenters. The number of nitrogens with one attached hydrogen (secondary N) is 1. The molecule has 3 aromatic carbocycles.